The van der Waals surface area contributed by atoms with Gasteiger partial charge in [0.25, 0.3) is 0 Å². The number of ether oxygens (including phenoxy) is 1. The second-order valence-corrected chi connectivity index (χ2v) is 3.12. The molecular weight excluding hydrogens is 190 g/mol. The van der Waals surface area contributed by atoms with Crippen molar-refractivity contribution in [3.63, 3.8) is 0 Å². The normalized spacial score (nSPS) is 9.93. The van der Waals surface area contributed by atoms with Gasteiger partial charge in [0.2, 0.25) is 0 Å². The van der Waals surface area contributed by atoms with E-state index in [9.17, 15) is 4.79 Å². The molecule has 0 spiro atoms. The van der Waals surface area contributed by atoms with Crippen molar-refractivity contribution in [1.82, 2.24) is 0 Å². The van der Waals surface area contributed by atoms with Crippen molar-refractivity contribution in [2.45, 2.75) is 0 Å². The fraction of sp³-hybridized carbons (Fsp3) is 0. The summed E-state index contributed by atoms with van der Waals surface area (Å²) in [5, 5.41) is 4.76. The van der Waals surface area contributed by atoms with Crippen molar-refractivity contribution in [1.29, 1.82) is 0 Å². The maximum atomic E-state index is 10.9. The highest BCUT2D eigenvalue weighted by molar-refractivity contribution is 5.91. The molecule has 1 amide bonds. The molecule has 1 N–H and O–H groups in total. The second kappa shape index (κ2) is 4.00. The summed E-state index contributed by atoms with van der Waals surface area (Å²) >= 11 is 0. The van der Waals surface area contributed by atoms with Crippen LogP contribution in [0.4, 0.5) is 10.5 Å². The summed E-state index contributed by atoms with van der Waals surface area (Å²) in [6.45, 7) is 0. The lowest BCUT2D eigenvalue weighted by Crippen LogP contribution is -2.09. The van der Waals surface area contributed by atoms with Gasteiger partial charge in [-0.05, 0) is 22.9 Å². The van der Waals surface area contributed by atoms with Crippen LogP contribution in [0.2, 0.25) is 0 Å². The molecule has 0 aliphatic carbocycles. The summed E-state index contributed by atoms with van der Waals surface area (Å²) in [6, 6.07) is 13.6. The van der Waals surface area contributed by atoms with Crippen LogP contribution in [-0.2, 0) is 4.74 Å². The Morgan fingerprint density at radius 3 is 2.60 bits per heavy atom. The number of hydrogen-bond donors (Lipinski definition) is 1. The third-order valence-electron chi connectivity index (χ3n) is 2.13. The minimum Gasteiger partial charge on any atom is -0.446 e. The van der Waals surface area contributed by atoms with Crippen molar-refractivity contribution in [3.05, 3.63) is 49.6 Å². The van der Waals surface area contributed by atoms with Gasteiger partial charge in [-0.3, -0.25) is 5.32 Å². The topological polar surface area (TPSA) is 38.3 Å². The van der Waals surface area contributed by atoms with Crippen LogP contribution in [0.3, 0.4) is 0 Å². The molecule has 75 valence electrons. The minimum atomic E-state index is -0.565. The molecule has 0 heterocycles. The molecule has 0 saturated carbocycles. The van der Waals surface area contributed by atoms with Gasteiger partial charge >= 0.3 is 6.09 Å². The molecule has 3 nitrogen and oxygen atoms in total. The third-order valence-corrected chi connectivity index (χ3v) is 2.13. The molecular formula is C12H10NO2. The molecule has 0 unspecified atom stereocenters. The van der Waals surface area contributed by atoms with Gasteiger partial charge in [-0.15, -0.1) is 0 Å². The Hall–Kier alpha value is -2.03. The summed E-state index contributed by atoms with van der Waals surface area (Å²) < 4.78 is 4.27. The van der Waals surface area contributed by atoms with E-state index in [1.54, 1.807) is 0 Å². The Kier molecular flexibility index (Phi) is 2.54. The zero-order chi connectivity index (χ0) is 10.7. The van der Waals surface area contributed by atoms with Crippen LogP contribution < -0.4 is 5.32 Å². The number of carbonyl (C=O) groups excluding carboxylic acids is 1. The van der Waals surface area contributed by atoms with E-state index >= 15 is 0 Å². The van der Waals surface area contributed by atoms with E-state index in [4.69, 9.17) is 0 Å². The molecule has 2 aromatic rings. The lowest BCUT2D eigenvalue weighted by Gasteiger charge is -2.04. The smallest absolute Gasteiger partial charge is 0.411 e. The quantitative estimate of drug-likeness (QED) is 0.767. The maximum absolute atomic E-state index is 10.9. The van der Waals surface area contributed by atoms with E-state index in [0.717, 1.165) is 10.8 Å². The van der Waals surface area contributed by atoms with Crippen molar-refractivity contribution in [2.75, 3.05) is 5.32 Å². The van der Waals surface area contributed by atoms with Crippen molar-refractivity contribution in [3.8, 4) is 0 Å². The highest BCUT2D eigenvalue weighted by Gasteiger charge is 2.00. The fourth-order valence-electron chi connectivity index (χ4n) is 1.42. The number of fused-ring (bicyclic) bond motifs is 1. The summed E-state index contributed by atoms with van der Waals surface area (Å²) in [4.78, 5) is 10.9. The summed E-state index contributed by atoms with van der Waals surface area (Å²) in [6.07, 6.45) is -0.565. The predicted molar refractivity (Wildman–Crippen MR) is 59.4 cm³/mol. The number of rotatable bonds is 1. The highest BCUT2D eigenvalue weighted by Crippen LogP contribution is 2.18. The minimum absolute atomic E-state index is 0.565. The standard InChI is InChI=1S/C12H10NO2/c1-15-12(14)13-11-7-6-9-4-2-3-5-10(9)8-11/h2-8H,1H2,(H,13,14). The first-order chi connectivity index (χ1) is 7.29. The van der Waals surface area contributed by atoms with E-state index in [-0.39, 0.29) is 0 Å². The molecule has 2 aromatic carbocycles. The van der Waals surface area contributed by atoms with Crippen LogP contribution in [0.1, 0.15) is 0 Å². The Morgan fingerprint density at radius 1 is 1.13 bits per heavy atom. The zero-order valence-electron chi connectivity index (χ0n) is 8.07. The van der Waals surface area contributed by atoms with Crippen molar-refractivity contribution in [2.24, 2.45) is 0 Å². The SMILES string of the molecule is [CH2]OC(=O)Nc1ccc2ccccc2c1. The van der Waals surface area contributed by atoms with Crippen LogP contribution in [-0.4, -0.2) is 6.09 Å². The van der Waals surface area contributed by atoms with Gasteiger partial charge < -0.3 is 4.74 Å². The lowest BCUT2D eigenvalue weighted by atomic mass is 10.1. The first kappa shape index (κ1) is 9.52. The average Bonchev–Trinajstić information content (AvgIpc) is 2.29. The van der Waals surface area contributed by atoms with E-state index < -0.39 is 6.09 Å². The molecule has 2 rings (SSSR count). The fourth-order valence-corrected chi connectivity index (χ4v) is 1.42. The van der Waals surface area contributed by atoms with Gasteiger partial charge in [-0.2, -0.15) is 0 Å². The van der Waals surface area contributed by atoms with Gasteiger partial charge in [0.05, 0.1) is 0 Å². The summed E-state index contributed by atoms with van der Waals surface area (Å²) in [7, 11) is 3.03. The molecule has 0 aliphatic rings. The molecule has 3 heteroatoms. The van der Waals surface area contributed by atoms with Crippen LogP contribution in [0.25, 0.3) is 10.8 Å². The van der Waals surface area contributed by atoms with Gasteiger partial charge in [0.1, 0.15) is 7.11 Å². The van der Waals surface area contributed by atoms with E-state index in [1.807, 2.05) is 42.5 Å². The molecule has 0 atom stereocenters. The van der Waals surface area contributed by atoms with Gasteiger partial charge in [0.15, 0.2) is 0 Å². The van der Waals surface area contributed by atoms with Gasteiger partial charge in [0, 0.05) is 5.69 Å². The molecule has 0 fully saturated rings. The monoisotopic (exact) mass is 200 g/mol. The highest BCUT2D eigenvalue weighted by atomic mass is 16.5. The first-order valence-electron chi connectivity index (χ1n) is 4.51. The molecule has 0 bridgehead atoms. The van der Waals surface area contributed by atoms with Crippen LogP contribution >= 0.6 is 0 Å². The van der Waals surface area contributed by atoms with E-state index in [1.165, 1.54) is 0 Å². The zero-order valence-corrected chi connectivity index (χ0v) is 8.07. The van der Waals surface area contributed by atoms with Gasteiger partial charge in [-0.25, -0.2) is 4.79 Å². The van der Waals surface area contributed by atoms with Crippen LogP contribution in [0, 0.1) is 7.11 Å². The number of hydrogen-bond acceptors (Lipinski definition) is 2. The molecule has 0 saturated heterocycles. The number of amides is 1. The summed E-state index contributed by atoms with van der Waals surface area (Å²) in [5.74, 6) is 0. The average molecular weight is 200 g/mol. The van der Waals surface area contributed by atoms with Crippen molar-refractivity contribution < 1.29 is 9.53 Å². The number of anilines is 1. The molecule has 0 aromatic heterocycles. The second-order valence-electron chi connectivity index (χ2n) is 3.12. The van der Waals surface area contributed by atoms with E-state index in [0.29, 0.717) is 5.69 Å². The van der Waals surface area contributed by atoms with Crippen LogP contribution in [0.5, 0.6) is 0 Å². The Morgan fingerprint density at radius 2 is 1.87 bits per heavy atom. The van der Waals surface area contributed by atoms with Gasteiger partial charge in [-0.1, -0.05) is 30.3 Å². The lowest BCUT2D eigenvalue weighted by molar-refractivity contribution is 0.199. The first-order valence-corrected chi connectivity index (χ1v) is 4.51. The third kappa shape index (κ3) is 2.07. The largest absolute Gasteiger partial charge is 0.446 e. The Bertz CT molecular complexity index is 494. The van der Waals surface area contributed by atoms with E-state index in [2.05, 4.69) is 17.2 Å². The summed E-state index contributed by atoms with van der Waals surface area (Å²) in [5.41, 5.74) is 0.697. The Labute approximate surface area is 87.7 Å². The van der Waals surface area contributed by atoms with Crippen LogP contribution in [0.15, 0.2) is 42.5 Å². The van der Waals surface area contributed by atoms with Crippen molar-refractivity contribution >= 4 is 22.6 Å². The molecule has 15 heavy (non-hydrogen) atoms. The molecule has 0 aliphatic heterocycles. The predicted octanol–water partition coefficient (Wildman–Crippen LogP) is 3.18. The number of benzene rings is 2. The number of nitrogens with one attached hydrogen (secondary N) is 1. The Balaban J connectivity index is 2.34. The maximum Gasteiger partial charge on any atom is 0.411 e. The molecule has 1 radical (unpaired) electrons. The number of carbonyl (C=O) groups is 1.